The topological polar surface area (TPSA) is 57.8 Å². The van der Waals surface area contributed by atoms with Gasteiger partial charge < -0.3 is 10.3 Å². The average Bonchev–Trinajstić information content (AvgIpc) is 3.29. The van der Waals surface area contributed by atoms with Gasteiger partial charge in [-0.15, -0.1) is 0 Å². The molecule has 2 aromatic heterocycles. The maximum absolute atomic E-state index is 11.8. The second kappa shape index (κ2) is 4.98. The van der Waals surface area contributed by atoms with Crippen molar-refractivity contribution in [3.05, 3.63) is 48.2 Å². The van der Waals surface area contributed by atoms with Gasteiger partial charge in [0.1, 0.15) is 11.5 Å². The molecule has 0 atom stereocenters. The van der Waals surface area contributed by atoms with E-state index in [9.17, 15) is 4.79 Å². The summed E-state index contributed by atoms with van der Waals surface area (Å²) in [5, 5.41) is 3.95. The number of benzene rings is 1. The van der Waals surface area contributed by atoms with Crippen LogP contribution < -0.4 is 5.32 Å². The number of aromatic amines is 1. The molecule has 4 heteroatoms. The van der Waals surface area contributed by atoms with Gasteiger partial charge in [-0.3, -0.25) is 4.79 Å². The summed E-state index contributed by atoms with van der Waals surface area (Å²) in [4.78, 5) is 19.5. The van der Waals surface area contributed by atoms with E-state index in [1.807, 2.05) is 30.5 Å². The molecule has 0 radical (unpaired) electrons. The number of aromatic nitrogens is 2. The van der Waals surface area contributed by atoms with E-state index >= 15 is 0 Å². The van der Waals surface area contributed by atoms with Gasteiger partial charge in [-0.2, -0.15) is 0 Å². The highest BCUT2D eigenvalue weighted by Gasteiger charge is 2.29. The van der Waals surface area contributed by atoms with Crippen molar-refractivity contribution < 1.29 is 4.79 Å². The van der Waals surface area contributed by atoms with E-state index < -0.39 is 0 Å². The maximum atomic E-state index is 11.8. The van der Waals surface area contributed by atoms with Crippen LogP contribution in [0.5, 0.6) is 0 Å². The Hall–Kier alpha value is -2.62. The first-order valence-electron chi connectivity index (χ1n) is 7.57. The summed E-state index contributed by atoms with van der Waals surface area (Å²) in [5.41, 5.74) is 4.37. The minimum absolute atomic E-state index is 0.0810. The van der Waals surface area contributed by atoms with Gasteiger partial charge in [0.25, 0.3) is 0 Å². The number of nitrogens with zero attached hydrogens (tertiary/aromatic N) is 1. The fraction of sp³-hybridized carbons (Fsp3) is 0.222. The SMILES string of the molecule is Cc1ccccc1-c1c[nH]c2nc(NC(=O)C3CC3)ccc12. The largest absolute Gasteiger partial charge is 0.345 e. The van der Waals surface area contributed by atoms with E-state index in [0.29, 0.717) is 5.82 Å². The lowest BCUT2D eigenvalue weighted by Crippen LogP contribution is -2.14. The van der Waals surface area contributed by atoms with Crippen LogP contribution in [0.1, 0.15) is 18.4 Å². The molecule has 0 unspecified atom stereocenters. The van der Waals surface area contributed by atoms with Crippen molar-refractivity contribution in [2.75, 3.05) is 5.32 Å². The van der Waals surface area contributed by atoms with Crippen molar-refractivity contribution in [3.63, 3.8) is 0 Å². The van der Waals surface area contributed by atoms with E-state index in [-0.39, 0.29) is 11.8 Å². The molecule has 1 fully saturated rings. The Bertz CT molecular complexity index is 862. The molecule has 0 aliphatic heterocycles. The Morgan fingerprint density at radius 3 is 2.77 bits per heavy atom. The number of fused-ring (bicyclic) bond motifs is 1. The molecule has 22 heavy (non-hydrogen) atoms. The van der Waals surface area contributed by atoms with Crippen molar-refractivity contribution in [1.29, 1.82) is 0 Å². The Morgan fingerprint density at radius 1 is 1.18 bits per heavy atom. The van der Waals surface area contributed by atoms with E-state index in [0.717, 1.165) is 29.4 Å². The van der Waals surface area contributed by atoms with Crippen LogP contribution in [-0.4, -0.2) is 15.9 Å². The van der Waals surface area contributed by atoms with Crippen LogP contribution in [0.25, 0.3) is 22.2 Å². The average molecular weight is 291 g/mol. The van der Waals surface area contributed by atoms with Crippen LogP contribution in [0.15, 0.2) is 42.6 Å². The molecule has 2 heterocycles. The summed E-state index contributed by atoms with van der Waals surface area (Å²) in [6, 6.07) is 12.2. The van der Waals surface area contributed by atoms with Gasteiger partial charge in [0, 0.05) is 23.1 Å². The lowest BCUT2D eigenvalue weighted by molar-refractivity contribution is -0.117. The third-order valence-electron chi connectivity index (χ3n) is 4.17. The lowest BCUT2D eigenvalue weighted by Gasteiger charge is -2.05. The van der Waals surface area contributed by atoms with Gasteiger partial charge in [-0.1, -0.05) is 24.3 Å². The number of H-pyrrole nitrogens is 1. The third-order valence-corrected chi connectivity index (χ3v) is 4.17. The van der Waals surface area contributed by atoms with Crippen LogP contribution >= 0.6 is 0 Å². The van der Waals surface area contributed by atoms with Crippen molar-refractivity contribution in [2.45, 2.75) is 19.8 Å². The summed E-state index contributed by atoms with van der Waals surface area (Å²) >= 11 is 0. The highest BCUT2D eigenvalue weighted by Crippen LogP contribution is 2.32. The summed E-state index contributed by atoms with van der Waals surface area (Å²) in [6.45, 7) is 2.10. The highest BCUT2D eigenvalue weighted by molar-refractivity contribution is 5.97. The molecule has 1 aromatic carbocycles. The number of carbonyl (C=O) groups is 1. The second-order valence-corrected chi connectivity index (χ2v) is 5.87. The first kappa shape index (κ1) is 13.1. The molecule has 1 aliphatic carbocycles. The molecule has 0 bridgehead atoms. The quantitative estimate of drug-likeness (QED) is 0.769. The number of amides is 1. The second-order valence-electron chi connectivity index (χ2n) is 5.87. The minimum atomic E-state index is 0.0810. The van der Waals surface area contributed by atoms with E-state index in [1.54, 1.807) is 0 Å². The number of rotatable bonds is 3. The summed E-state index contributed by atoms with van der Waals surface area (Å²) in [7, 11) is 0. The Labute approximate surface area is 128 Å². The predicted molar refractivity (Wildman–Crippen MR) is 87.6 cm³/mol. The van der Waals surface area contributed by atoms with E-state index in [1.165, 1.54) is 11.1 Å². The van der Waals surface area contributed by atoms with Gasteiger partial charge in [0.05, 0.1) is 0 Å². The van der Waals surface area contributed by atoms with Crippen molar-refractivity contribution in [3.8, 4) is 11.1 Å². The Morgan fingerprint density at radius 2 is 2.00 bits per heavy atom. The first-order valence-corrected chi connectivity index (χ1v) is 7.57. The molecule has 4 nitrogen and oxygen atoms in total. The molecule has 1 saturated carbocycles. The first-order chi connectivity index (χ1) is 10.7. The maximum Gasteiger partial charge on any atom is 0.228 e. The van der Waals surface area contributed by atoms with Crippen LogP contribution in [0.3, 0.4) is 0 Å². The number of anilines is 1. The summed E-state index contributed by atoms with van der Waals surface area (Å²) in [5.74, 6) is 0.879. The summed E-state index contributed by atoms with van der Waals surface area (Å²) in [6.07, 6.45) is 3.97. The Balaban J connectivity index is 1.71. The van der Waals surface area contributed by atoms with Gasteiger partial charge in [0.15, 0.2) is 0 Å². The van der Waals surface area contributed by atoms with Gasteiger partial charge >= 0.3 is 0 Å². The normalized spacial score (nSPS) is 14.2. The van der Waals surface area contributed by atoms with Crippen molar-refractivity contribution in [1.82, 2.24) is 9.97 Å². The predicted octanol–water partition coefficient (Wildman–Crippen LogP) is 3.89. The molecule has 1 amide bonds. The zero-order valence-corrected chi connectivity index (χ0v) is 12.4. The number of aryl methyl sites for hydroxylation is 1. The van der Waals surface area contributed by atoms with Crippen LogP contribution in [0.2, 0.25) is 0 Å². The minimum Gasteiger partial charge on any atom is -0.345 e. The van der Waals surface area contributed by atoms with Crippen LogP contribution in [-0.2, 0) is 4.79 Å². The fourth-order valence-electron chi connectivity index (χ4n) is 2.75. The molecule has 2 N–H and O–H groups in total. The third kappa shape index (κ3) is 2.26. The molecule has 4 rings (SSSR count). The van der Waals surface area contributed by atoms with Crippen LogP contribution in [0, 0.1) is 12.8 Å². The molecular formula is C18H17N3O. The monoisotopic (exact) mass is 291 g/mol. The van der Waals surface area contributed by atoms with Crippen LogP contribution in [0.4, 0.5) is 5.82 Å². The summed E-state index contributed by atoms with van der Waals surface area (Å²) < 4.78 is 0. The molecular weight excluding hydrogens is 274 g/mol. The molecule has 3 aromatic rings. The standard InChI is InChI=1S/C18H17N3O/c1-11-4-2-3-5-13(11)15-10-19-17-14(15)8-9-16(20-17)21-18(22)12-6-7-12/h2-5,8-10,12H,6-7H2,1H3,(H2,19,20,21,22). The number of pyridine rings is 1. The number of hydrogen-bond donors (Lipinski definition) is 2. The highest BCUT2D eigenvalue weighted by atomic mass is 16.2. The van der Waals surface area contributed by atoms with Crippen molar-refractivity contribution in [2.24, 2.45) is 5.92 Å². The number of hydrogen-bond acceptors (Lipinski definition) is 2. The van der Waals surface area contributed by atoms with Gasteiger partial charge in [-0.05, 0) is 43.0 Å². The zero-order chi connectivity index (χ0) is 15.1. The van der Waals surface area contributed by atoms with Gasteiger partial charge in [-0.25, -0.2) is 4.98 Å². The van der Waals surface area contributed by atoms with Crippen molar-refractivity contribution >= 4 is 22.8 Å². The van der Waals surface area contributed by atoms with E-state index in [4.69, 9.17) is 0 Å². The molecule has 0 spiro atoms. The Kier molecular flexibility index (Phi) is 2.96. The van der Waals surface area contributed by atoms with Gasteiger partial charge in [0.2, 0.25) is 5.91 Å². The smallest absolute Gasteiger partial charge is 0.228 e. The number of carbonyl (C=O) groups excluding carboxylic acids is 1. The zero-order valence-electron chi connectivity index (χ0n) is 12.4. The molecule has 0 saturated heterocycles. The molecule has 1 aliphatic rings. The number of nitrogens with one attached hydrogen (secondary N) is 2. The molecule has 110 valence electrons. The van der Waals surface area contributed by atoms with E-state index in [2.05, 4.69) is 34.3 Å². The fourth-order valence-corrected chi connectivity index (χ4v) is 2.75. The lowest BCUT2D eigenvalue weighted by atomic mass is 10.0.